The molecule has 0 aliphatic rings. The molecule has 0 aromatic heterocycles. The van der Waals surface area contributed by atoms with Crippen molar-refractivity contribution in [2.45, 2.75) is 0 Å². The number of nitrogens with zero attached hydrogens (tertiary/aromatic N) is 1. The lowest BCUT2D eigenvalue weighted by molar-refractivity contribution is -0.111. The van der Waals surface area contributed by atoms with Crippen LogP contribution in [0, 0.1) is 0 Å². The second-order valence-electron chi connectivity index (χ2n) is 6.23. The third-order valence-corrected chi connectivity index (χ3v) is 4.08. The molecule has 0 heterocycles. The van der Waals surface area contributed by atoms with Crippen LogP contribution in [0.25, 0.3) is 11.6 Å². The highest BCUT2D eigenvalue weighted by Gasteiger charge is 2.12. The number of benzene rings is 3. The highest BCUT2D eigenvalue weighted by Crippen LogP contribution is 2.22. The quantitative estimate of drug-likeness (QED) is 0.526. The summed E-state index contributed by atoms with van der Waals surface area (Å²) in [6, 6.07) is 27.4. The van der Waals surface area contributed by atoms with E-state index in [2.05, 4.69) is 5.32 Å². The van der Waals surface area contributed by atoms with Gasteiger partial charge in [-0.2, -0.15) is 0 Å². The Hall–Kier alpha value is -3.33. The Morgan fingerprint density at radius 3 is 1.96 bits per heavy atom. The third kappa shape index (κ3) is 4.39. The van der Waals surface area contributed by atoms with Crippen molar-refractivity contribution < 1.29 is 4.79 Å². The van der Waals surface area contributed by atoms with Gasteiger partial charge >= 0.3 is 0 Å². The fraction of sp³-hybridized carbons (Fsp3) is 0.0870. The zero-order chi connectivity index (χ0) is 18.4. The first-order valence-corrected chi connectivity index (χ1v) is 8.54. The first kappa shape index (κ1) is 17.5. The zero-order valence-electron chi connectivity index (χ0n) is 15.0. The van der Waals surface area contributed by atoms with E-state index in [0.717, 1.165) is 22.5 Å². The van der Waals surface area contributed by atoms with Crippen LogP contribution in [0.4, 0.5) is 11.4 Å². The second-order valence-corrected chi connectivity index (χ2v) is 6.23. The smallest absolute Gasteiger partial charge is 0.256 e. The number of hydrogen-bond donors (Lipinski definition) is 1. The van der Waals surface area contributed by atoms with E-state index in [-0.39, 0.29) is 5.91 Å². The molecule has 0 unspecified atom stereocenters. The Morgan fingerprint density at radius 1 is 0.808 bits per heavy atom. The van der Waals surface area contributed by atoms with Crippen molar-refractivity contribution in [1.29, 1.82) is 0 Å². The van der Waals surface area contributed by atoms with E-state index in [9.17, 15) is 4.79 Å². The molecular weight excluding hydrogens is 320 g/mol. The minimum absolute atomic E-state index is 0.127. The molecule has 0 aliphatic heterocycles. The molecule has 0 radical (unpaired) electrons. The highest BCUT2D eigenvalue weighted by molar-refractivity contribution is 6.29. The maximum absolute atomic E-state index is 12.9. The van der Waals surface area contributed by atoms with Crippen LogP contribution in [0.1, 0.15) is 11.1 Å². The van der Waals surface area contributed by atoms with Gasteiger partial charge in [0.1, 0.15) is 0 Å². The molecule has 3 nitrogen and oxygen atoms in total. The van der Waals surface area contributed by atoms with Crippen LogP contribution in [0.3, 0.4) is 0 Å². The fourth-order valence-electron chi connectivity index (χ4n) is 2.65. The molecule has 0 saturated carbocycles. The summed E-state index contributed by atoms with van der Waals surface area (Å²) in [7, 11) is 3.98. The second kappa shape index (κ2) is 8.17. The Kier molecular flexibility index (Phi) is 5.49. The van der Waals surface area contributed by atoms with Gasteiger partial charge in [-0.3, -0.25) is 4.79 Å². The number of anilines is 2. The summed E-state index contributed by atoms with van der Waals surface area (Å²) in [6.45, 7) is 0. The van der Waals surface area contributed by atoms with Crippen LogP contribution >= 0.6 is 0 Å². The van der Waals surface area contributed by atoms with Crippen molar-refractivity contribution in [1.82, 2.24) is 0 Å². The van der Waals surface area contributed by atoms with E-state index in [4.69, 9.17) is 0 Å². The van der Waals surface area contributed by atoms with Crippen molar-refractivity contribution in [3.8, 4) is 0 Å². The number of nitrogens with one attached hydrogen (secondary N) is 1. The minimum Gasteiger partial charge on any atom is -0.378 e. The Balaban J connectivity index is 1.89. The van der Waals surface area contributed by atoms with Gasteiger partial charge in [-0.1, -0.05) is 60.7 Å². The molecule has 130 valence electrons. The lowest BCUT2D eigenvalue weighted by atomic mass is 10.0. The summed E-state index contributed by atoms with van der Waals surface area (Å²) in [5, 5.41) is 3.00. The van der Waals surface area contributed by atoms with E-state index in [1.807, 2.05) is 110 Å². The van der Waals surface area contributed by atoms with Gasteiger partial charge in [0, 0.05) is 31.0 Å². The molecule has 3 rings (SSSR count). The van der Waals surface area contributed by atoms with Gasteiger partial charge < -0.3 is 10.2 Å². The van der Waals surface area contributed by atoms with Gasteiger partial charge in [0.15, 0.2) is 0 Å². The van der Waals surface area contributed by atoms with Gasteiger partial charge in [0.2, 0.25) is 0 Å². The van der Waals surface area contributed by atoms with Crippen molar-refractivity contribution in [3.05, 3.63) is 96.1 Å². The first-order chi connectivity index (χ1) is 12.6. The SMILES string of the molecule is CN(C)c1ccc(NC(=O)C(=Cc2ccccc2)c2ccccc2)cc1. The number of carbonyl (C=O) groups excluding carboxylic acids is 1. The largest absolute Gasteiger partial charge is 0.378 e. The van der Waals surface area contributed by atoms with Crippen LogP contribution in [0.5, 0.6) is 0 Å². The predicted molar refractivity (Wildman–Crippen MR) is 110 cm³/mol. The predicted octanol–water partition coefficient (Wildman–Crippen LogP) is 4.93. The molecule has 0 atom stereocenters. The summed E-state index contributed by atoms with van der Waals surface area (Å²) < 4.78 is 0. The average Bonchev–Trinajstić information content (AvgIpc) is 2.68. The summed E-state index contributed by atoms with van der Waals surface area (Å²) in [6.07, 6.45) is 1.92. The molecule has 0 saturated heterocycles. The number of hydrogen-bond acceptors (Lipinski definition) is 2. The van der Waals surface area contributed by atoms with Crippen LogP contribution in [-0.4, -0.2) is 20.0 Å². The Bertz CT molecular complexity index is 883. The number of carbonyl (C=O) groups is 1. The molecule has 3 aromatic carbocycles. The maximum Gasteiger partial charge on any atom is 0.256 e. The van der Waals surface area contributed by atoms with Crippen LogP contribution in [0.2, 0.25) is 0 Å². The molecule has 1 amide bonds. The van der Waals surface area contributed by atoms with E-state index >= 15 is 0 Å². The third-order valence-electron chi connectivity index (χ3n) is 4.08. The van der Waals surface area contributed by atoms with E-state index < -0.39 is 0 Å². The molecule has 3 aromatic rings. The lowest BCUT2D eigenvalue weighted by Crippen LogP contribution is -2.14. The summed E-state index contributed by atoms with van der Waals surface area (Å²) >= 11 is 0. The van der Waals surface area contributed by atoms with Gasteiger partial charge in [-0.15, -0.1) is 0 Å². The maximum atomic E-state index is 12.9. The van der Waals surface area contributed by atoms with Crippen molar-refractivity contribution in [3.63, 3.8) is 0 Å². The zero-order valence-corrected chi connectivity index (χ0v) is 15.0. The van der Waals surface area contributed by atoms with E-state index in [1.54, 1.807) is 0 Å². The standard InChI is InChI=1S/C23H22N2O/c1-25(2)21-15-13-20(14-16-21)24-23(26)22(19-11-7-4-8-12-19)17-18-9-5-3-6-10-18/h3-17H,1-2H3,(H,24,26). The summed E-state index contributed by atoms with van der Waals surface area (Å²) in [4.78, 5) is 15.0. The van der Waals surface area contributed by atoms with Gasteiger partial charge in [0.05, 0.1) is 0 Å². The Morgan fingerprint density at radius 2 is 1.38 bits per heavy atom. The minimum atomic E-state index is -0.127. The topological polar surface area (TPSA) is 32.3 Å². The Labute approximate surface area is 154 Å². The van der Waals surface area contributed by atoms with E-state index in [0.29, 0.717) is 5.57 Å². The van der Waals surface area contributed by atoms with Crippen LogP contribution in [0.15, 0.2) is 84.9 Å². The molecule has 1 N–H and O–H groups in total. The van der Waals surface area contributed by atoms with Crippen molar-refractivity contribution in [2.75, 3.05) is 24.3 Å². The van der Waals surface area contributed by atoms with Crippen molar-refractivity contribution in [2.24, 2.45) is 0 Å². The van der Waals surface area contributed by atoms with Crippen LogP contribution < -0.4 is 10.2 Å². The highest BCUT2D eigenvalue weighted by atomic mass is 16.1. The first-order valence-electron chi connectivity index (χ1n) is 8.54. The molecule has 0 aliphatic carbocycles. The molecular formula is C23H22N2O. The monoisotopic (exact) mass is 342 g/mol. The number of amides is 1. The van der Waals surface area contributed by atoms with Crippen molar-refractivity contribution >= 4 is 28.9 Å². The molecule has 0 spiro atoms. The molecule has 3 heteroatoms. The van der Waals surface area contributed by atoms with E-state index in [1.165, 1.54) is 0 Å². The van der Waals surface area contributed by atoms with Gasteiger partial charge in [0.25, 0.3) is 5.91 Å². The molecule has 26 heavy (non-hydrogen) atoms. The van der Waals surface area contributed by atoms with Crippen LogP contribution in [-0.2, 0) is 4.79 Å². The summed E-state index contributed by atoms with van der Waals surface area (Å²) in [5.41, 5.74) is 4.37. The normalized spacial score (nSPS) is 11.1. The average molecular weight is 342 g/mol. The fourth-order valence-corrected chi connectivity index (χ4v) is 2.65. The molecule has 0 bridgehead atoms. The van der Waals surface area contributed by atoms with Gasteiger partial charge in [-0.25, -0.2) is 0 Å². The lowest BCUT2D eigenvalue weighted by Gasteiger charge is -2.14. The summed E-state index contributed by atoms with van der Waals surface area (Å²) in [5.74, 6) is -0.127. The molecule has 0 fully saturated rings. The number of rotatable bonds is 5. The van der Waals surface area contributed by atoms with Gasteiger partial charge in [-0.05, 0) is 41.5 Å².